The Kier molecular flexibility index (Phi) is 7.81. The quantitative estimate of drug-likeness (QED) is 0.540. The number of anilines is 1. The maximum Gasteiger partial charge on any atom is 0.227 e. The molecule has 0 spiro atoms. The van der Waals surface area contributed by atoms with Crippen LogP contribution >= 0.6 is 0 Å². The molecule has 0 bridgehead atoms. The van der Waals surface area contributed by atoms with Crippen molar-refractivity contribution < 1.29 is 9.53 Å². The van der Waals surface area contributed by atoms with Crippen LogP contribution in [0.4, 0.5) is 5.69 Å². The second-order valence-corrected chi connectivity index (χ2v) is 8.88. The van der Waals surface area contributed by atoms with Crippen molar-refractivity contribution in [3.05, 3.63) is 29.8 Å². The van der Waals surface area contributed by atoms with Gasteiger partial charge in [-0.1, -0.05) is 25.0 Å². The van der Waals surface area contributed by atoms with Crippen molar-refractivity contribution in [1.82, 2.24) is 15.1 Å². The minimum absolute atomic E-state index is 0.165. The number of amides is 1. The Morgan fingerprint density at radius 3 is 2.74 bits per heavy atom. The average molecular weight is 428 g/mol. The van der Waals surface area contributed by atoms with Gasteiger partial charge in [-0.2, -0.15) is 0 Å². The highest BCUT2D eigenvalue weighted by atomic mass is 16.5. The van der Waals surface area contributed by atoms with Gasteiger partial charge in [0.05, 0.1) is 19.8 Å². The molecule has 2 heterocycles. The standard InChI is InChI=1S/C24H37N5O2/c1-2-25-24(29-11-10-22(18-29)28-12-14-31-15-13-28)26-17-19-6-5-9-21(16-19)27-23(30)20-7-3-4-8-20/h5-6,9,16,20,22H,2-4,7-8,10-15,17-18H2,1H3,(H,25,26)(H,27,30). The predicted octanol–water partition coefficient (Wildman–Crippen LogP) is 2.69. The monoisotopic (exact) mass is 427 g/mol. The van der Waals surface area contributed by atoms with E-state index in [0.717, 1.165) is 76.0 Å². The molecule has 170 valence electrons. The van der Waals surface area contributed by atoms with E-state index in [-0.39, 0.29) is 11.8 Å². The number of morpholine rings is 1. The van der Waals surface area contributed by atoms with Gasteiger partial charge in [-0.05, 0) is 43.9 Å². The largest absolute Gasteiger partial charge is 0.379 e. The number of benzene rings is 1. The summed E-state index contributed by atoms with van der Waals surface area (Å²) in [6.45, 7) is 9.38. The van der Waals surface area contributed by atoms with Crippen molar-refractivity contribution in [2.45, 2.75) is 51.6 Å². The smallest absolute Gasteiger partial charge is 0.227 e. The molecule has 1 saturated carbocycles. The van der Waals surface area contributed by atoms with E-state index in [9.17, 15) is 4.79 Å². The Labute approximate surface area is 186 Å². The van der Waals surface area contributed by atoms with Crippen LogP contribution in [0.5, 0.6) is 0 Å². The van der Waals surface area contributed by atoms with E-state index in [2.05, 4.69) is 39.5 Å². The molecule has 7 nitrogen and oxygen atoms in total. The summed E-state index contributed by atoms with van der Waals surface area (Å²) in [6.07, 6.45) is 5.55. The van der Waals surface area contributed by atoms with E-state index in [1.807, 2.05) is 12.1 Å². The van der Waals surface area contributed by atoms with Crippen molar-refractivity contribution in [3.63, 3.8) is 0 Å². The van der Waals surface area contributed by atoms with Gasteiger partial charge in [0.1, 0.15) is 0 Å². The van der Waals surface area contributed by atoms with Crippen LogP contribution in [-0.4, -0.2) is 73.6 Å². The summed E-state index contributed by atoms with van der Waals surface area (Å²) in [4.78, 5) is 22.3. The van der Waals surface area contributed by atoms with Crippen LogP contribution in [0.1, 0.15) is 44.6 Å². The number of hydrogen-bond acceptors (Lipinski definition) is 4. The Balaban J connectivity index is 1.35. The summed E-state index contributed by atoms with van der Waals surface area (Å²) in [5.41, 5.74) is 1.99. The van der Waals surface area contributed by atoms with Crippen LogP contribution in [0, 0.1) is 5.92 Å². The number of ether oxygens (including phenoxy) is 1. The summed E-state index contributed by atoms with van der Waals surface area (Å²) in [7, 11) is 0. The van der Waals surface area contributed by atoms with Gasteiger partial charge in [0, 0.05) is 50.4 Å². The molecule has 7 heteroatoms. The molecule has 0 radical (unpaired) electrons. The number of carbonyl (C=O) groups excluding carboxylic acids is 1. The van der Waals surface area contributed by atoms with E-state index in [4.69, 9.17) is 9.73 Å². The minimum atomic E-state index is 0.165. The number of nitrogens with zero attached hydrogens (tertiary/aromatic N) is 3. The number of hydrogen-bond donors (Lipinski definition) is 2. The molecule has 1 aromatic carbocycles. The van der Waals surface area contributed by atoms with E-state index < -0.39 is 0 Å². The first kappa shape index (κ1) is 22.1. The molecule has 2 saturated heterocycles. The molecule has 1 atom stereocenters. The molecule has 3 fully saturated rings. The summed E-state index contributed by atoms with van der Waals surface area (Å²) >= 11 is 0. The topological polar surface area (TPSA) is 69.2 Å². The molecular weight excluding hydrogens is 390 g/mol. The average Bonchev–Trinajstić information content (AvgIpc) is 3.50. The molecule has 2 aliphatic heterocycles. The Bertz CT molecular complexity index is 756. The normalized spacial score (nSPS) is 23.3. The van der Waals surface area contributed by atoms with E-state index in [1.54, 1.807) is 0 Å². The molecule has 1 unspecified atom stereocenters. The molecule has 1 aliphatic carbocycles. The van der Waals surface area contributed by atoms with Gasteiger partial charge in [0.15, 0.2) is 5.96 Å². The lowest BCUT2D eigenvalue weighted by molar-refractivity contribution is -0.119. The fraction of sp³-hybridized carbons (Fsp3) is 0.667. The lowest BCUT2D eigenvalue weighted by Gasteiger charge is -2.32. The molecular formula is C24H37N5O2. The first-order valence-corrected chi connectivity index (χ1v) is 12.0. The van der Waals surface area contributed by atoms with Crippen molar-refractivity contribution in [2.24, 2.45) is 10.9 Å². The number of aliphatic imine (C=N–C) groups is 1. The highest BCUT2D eigenvalue weighted by Gasteiger charge is 2.30. The van der Waals surface area contributed by atoms with E-state index in [0.29, 0.717) is 12.6 Å². The Hall–Kier alpha value is -2.12. The van der Waals surface area contributed by atoms with Gasteiger partial charge in [0.2, 0.25) is 5.91 Å². The van der Waals surface area contributed by atoms with Gasteiger partial charge < -0.3 is 20.3 Å². The molecule has 1 amide bonds. The third-order valence-corrected chi connectivity index (χ3v) is 6.69. The third-order valence-electron chi connectivity index (χ3n) is 6.69. The van der Waals surface area contributed by atoms with Crippen molar-refractivity contribution in [2.75, 3.05) is 51.3 Å². The van der Waals surface area contributed by atoms with Gasteiger partial charge in [-0.3, -0.25) is 9.69 Å². The van der Waals surface area contributed by atoms with Crippen molar-refractivity contribution >= 4 is 17.6 Å². The minimum Gasteiger partial charge on any atom is -0.379 e. The zero-order valence-corrected chi connectivity index (χ0v) is 18.8. The fourth-order valence-corrected chi connectivity index (χ4v) is 4.95. The summed E-state index contributed by atoms with van der Waals surface area (Å²) in [5.74, 6) is 1.33. The van der Waals surface area contributed by atoms with Crippen LogP contribution in [0.25, 0.3) is 0 Å². The van der Waals surface area contributed by atoms with Crippen LogP contribution in [0.3, 0.4) is 0 Å². The predicted molar refractivity (Wildman–Crippen MR) is 124 cm³/mol. The third kappa shape index (κ3) is 5.98. The van der Waals surface area contributed by atoms with Crippen LogP contribution in [0.2, 0.25) is 0 Å². The molecule has 4 rings (SSSR count). The SMILES string of the molecule is CCNC(=NCc1cccc(NC(=O)C2CCCC2)c1)N1CCC(N2CCOCC2)C1. The summed E-state index contributed by atoms with van der Waals surface area (Å²) < 4.78 is 5.50. The van der Waals surface area contributed by atoms with Gasteiger partial charge in [-0.15, -0.1) is 0 Å². The highest BCUT2D eigenvalue weighted by Crippen LogP contribution is 2.26. The van der Waals surface area contributed by atoms with Gasteiger partial charge >= 0.3 is 0 Å². The maximum absolute atomic E-state index is 12.4. The van der Waals surface area contributed by atoms with Crippen LogP contribution in [-0.2, 0) is 16.1 Å². The Morgan fingerprint density at radius 2 is 1.97 bits per heavy atom. The van der Waals surface area contributed by atoms with Gasteiger partial charge in [0.25, 0.3) is 0 Å². The highest BCUT2D eigenvalue weighted by molar-refractivity contribution is 5.92. The number of rotatable bonds is 6. The number of guanidine groups is 1. The maximum atomic E-state index is 12.4. The number of likely N-dealkylation sites (tertiary alicyclic amines) is 1. The lowest BCUT2D eigenvalue weighted by atomic mass is 10.1. The van der Waals surface area contributed by atoms with Crippen LogP contribution < -0.4 is 10.6 Å². The first-order chi connectivity index (χ1) is 15.2. The molecule has 2 N–H and O–H groups in total. The summed E-state index contributed by atoms with van der Waals surface area (Å²) in [5, 5.41) is 6.57. The molecule has 3 aliphatic rings. The second kappa shape index (κ2) is 11.0. The fourth-order valence-electron chi connectivity index (χ4n) is 4.95. The van der Waals surface area contributed by atoms with Crippen molar-refractivity contribution in [1.29, 1.82) is 0 Å². The first-order valence-electron chi connectivity index (χ1n) is 12.0. The zero-order chi connectivity index (χ0) is 21.5. The Morgan fingerprint density at radius 1 is 1.16 bits per heavy atom. The number of carbonyl (C=O) groups is 1. The molecule has 1 aromatic rings. The van der Waals surface area contributed by atoms with Crippen LogP contribution in [0.15, 0.2) is 29.3 Å². The summed E-state index contributed by atoms with van der Waals surface area (Å²) in [6, 6.07) is 8.70. The molecule has 31 heavy (non-hydrogen) atoms. The zero-order valence-electron chi connectivity index (χ0n) is 18.8. The van der Waals surface area contributed by atoms with E-state index in [1.165, 1.54) is 19.3 Å². The lowest BCUT2D eigenvalue weighted by Crippen LogP contribution is -2.46. The van der Waals surface area contributed by atoms with Crippen molar-refractivity contribution in [3.8, 4) is 0 Å². The number of nitrogens with one attached hydrogen (secondary N) is 2. The molecule has 0 aromatic heterocycles. The van der Waals surface area contributed by atoms with E-state index >= 15 is 0 Å². The van der Waals surface area contributed by atoms with Gasteiger partial charge in [-0.25, -0.2) is 4.99 Å². The second-order valence-electron chi connectivity index (χ2n) is 8.88.